The number of nitrogens with zero attached hydrogens (tertiary/aromatic N) is 4. The van der Waals surface area contributed by atoms with Gasteiger partial charge in [-0.15, -0.1) is 10.2 Å². The second kappa shape index (κ2) is 6.53. The lowest BCUT2D eigenvalue weighted by Gasteiger charge is -2.05. The van der Waals surface area contributed by atoms with E-state index in [1.54, 1.807) is 10.8 Å². The van der Waals surface area contributed by atoms with Gasteiger partial charge in [0.05, 0.1) is 11.9 Å². The van der Waals surface area contributed by atoms with Gasteiger partial charge in [0, 0.05) is 6.42 Å². The molecule has 0 aliphatic rings. The van der Waals surface area contributed by atoms with E-state index >= 15 is 0 Å². The predicted octanol–water partition coefficient (Wildman–Crippen LogP) is 0.546. The number of aliphatic hydroxyl groups excluding tert-OH is 1. The summed E-state index contributed by atoms with van der Waals surface area (Å²) in [5.41, 5.74) is 0. The Morgan fingerprint density at radius 2 is 2.30 bits per heavy atom. The van der Waals surface area contributed by atoms with Crippen LogP contribution in [0.4, 0.5) is 0 Å². The molecule has 0 aromatic carbocycles. The van der Waals surface area contributed by atoms with Gasteiger partial charge in [0.1, 0.15) is 18.9 Å². The van der Waals surface area contributed by atoms with Crippen LogP contribution in [0.25, 0.3) is 0 Å². The number of aryl methyl sites for hydroxylation is 1. The van der Waals surface area contributed by atoms with Crippen LogP contribution in [-0.4, -0.2) is 41.7 Å². The molecule has 2 aromatic rings. The van der Waals surface area contributed by atoms with Crippen LogP contribution in [0.15, 0.2) is 15.8 Å². The lowest BCUT2D eigenvalue weighted by Crippen LogP contribution is -2.08. The molecule has 9 heteroatoms. The van der Waals surface area contributed by atoms with Crippen LogP contribution >= 0.6 is 11.8 Å². The maximum absolute atomic E-state index is 10.6. The number of aliphatic hydroxyl groups is 1. The Hall–Kier alpha value is -1.87. The SMILES string of the molecule is CCc1cnc(Cn2c(CO)nnc2SCC(=O)O)o1. The van der Waals surface area contributed by atoms with Gasteiger partial charge in [-0.05, 0) is 0 Å². The summed E-state index contributed by atoms with van der Waals surface area (Å²) in [6.07, 6.45) is 2.38. The second-order valence-electron chi connectivity index (χ2n) is 3.90. The lowest BCUT2D eigenvalue weighted by atomic mass is 10.4. The number of rotatable bonds is 7. The van der Waals surface area contributed by atoms with Crippen LogP contribution in [0, 0.1) is 0 Å². The number of carbonyl (C=O) groups is 1. The summed E-state index contributed by atoms with van der Waals surface area (Å²) in [5, 5.41) is 26.0. The van der Waals surface area contributed by atoms with E-state index in [4.69, 9.17) is 9.52 Å². The van der Waals surface area contributed by atoms with Crippen molar-refractivity contribution in [3.05, 3.63) is 23.7 Å². The number of carboxylic acid groups (broad SMARTS) is 1. The van der Waals surface area contributed by atoms with Gasteiger partial charge in [-0.2, -0.15) is 0 Å². The highest BCUT2D eigenvalue weighted by atomic mass is 32.2. The second-order valence-corrected chi connectivity index (χ2v) is 4.84. The quantitative estimate of drug-likeness (QED) is 0.712. The maximum Gasteiger partial charge on any atom is 0.313 e. The molecule has 0 atom stereocenters. The van der Waals surface area contributed by atoms with Crippen LogP contribution in [0.5, 0.6) is 0 Å². The average Bonchev–Trinajstić information content (AvgIpc) is 3.03. The van der Waals surface area contributed by atoms with Gasteiger partial charge >= 0.3 is 5.97 Å². The largest absolute Gasteiger partial charge is 0.481 e. The minimum Gasteiger partial charge on any atom is -0.481 e. The van der Waals surface area contributed by atoms with Crippen LogP contribution in [0.3, 0.4) is 0 Å². The normalized spacial score (nSPS) is 10.9. The van der Waals surface area contributed by atoms with Crippen molar-refractivity contribution in [2.75, 3.05) is 5.75 Å². The molecule has 20 heavy (non-hydrogen) atoms. The van der Waals surface area contributed by atoms with Crippen LogP contribution < -0.4 is 0 Å². The molecule has 2 N–H and O–H groups in total. The summed E-state index contributed by atoms with van der Waals surface area (Å²) in [6, 6.07) is 0. The average molecular weight is 298 g/mol. The third-order valence-corrected chi connectivity index (χ3v) is 3.45. The highest BCUT2D eigenvalue weighted by molar-refractivity contribution is 7.99. The zero-order valence-corrected chi connectivity index (χ0v) is 11.6. The molecule has 2 aromatic heterocycles. The highest BCUT2D eigenvalue weighted by Crippen LogP contribution is 2.18. The highest BCUT2D eigenvalue weighted by Gasteiger charge is 2.15. The molecule has 0 fully saturated rings. The predicted molar refractivity (Wildman–Crippen MR) is 69.3 cm³/mol. The third-order valence-electron chi connectivity index (χ3n) is 2.50. The molecule has 108 valence electrons. The van der Waals surface area contributed by atoms with Crippen molar-refractivity contribution >= 4 is 17.7 Å². The summed E-state index contributed by atoms with van der Waals surface area (Å²) in [4.78, 5) is 14.7. The molecule has 0 aliphatic carbocycles. The maximum atomic E-state index is 10.6. The van der Waals surface area contributed by atoms with E-state index in [1.807, 2.05) is 6.92 Å². The molecule has 0 saturated carbocycles. The van der Waals surface area contributed by atoms with E-state index in [0.29, 0.717) is 16.9 Å². The number of oxazole rings is 1. The van der Waals surface area contributed by atoms with Crippen molar-refractivity contribution in [1.82, 2.24) is 19.7 Å². The standard InChI is InChI=1S/C11H14N4O4S/c1-2-7-3-12-9(19-7)4-15-8(5-16)13-14-11(15)20-6-10(17)18/h3,16H,2,4-6H2,1H3,(H,17,18). The first-order valence-electron chi connectivity index (χ1n) is 5.95. The minimum absolute atomic E-state index is 0.130. The van der Waals surface area contributed by atoms with E-state index in [0.717, 1.165) is 23.9 Å². The number of hydrogen-bond acceptors (Lipinski definition) is 7. The third kappa shape index (κ3) is 3.36. The monoisotopic (exact) mass is 298 g/mol. The van der Waals surface area contributed by atoms with Crippen LogP contribution in [0.1, 0.15) is 24.4 Å². The molecule has 8 nitrogen and oxygen atoms in total. The first-order chi connectivity index (χ1) is 9.63. The summed E-state index contributed by atoms with van der Waals surface area (Å²) in [7, 11) is 0. The molecular weight excluding hydrogens is 284 g/mol. The first kappa shape index (κ1) is 14.5. The van der Waals surface area contributed by atoms with Crippen LogP contribution in [0.2, 0.25) is 0 Å². The summed E-state index contributed by atoms with van der Waals surface area (Å²) >= 11 is 1.03. The Bertz CT molecular complexity index is 595. The van der Waals surface area contributed by atoms with Gasteiger partial charge in [0.15, 0.2) is 11.0 Å². The van der Waals surface area contributed by atoms with Crippen molar-refractivity contribution in [1.29, 1.82) is 0 Å². The number of hydrogen-bond donors (Lipinski definition) is 2. The van der Waals surface area contributed by atoms with E-state index < -0.39 is 5.97 Å². The van der Waals surface area contributed by atoms with Gasteiger partial charge < -0.3 is 14.6 Å². The summed E-state index contributed by atoms with van der Waals surface area (Å²) in [5.74, 6) is 0.496. The van der Waals surface area contributed by atoms with Gasteiger partial charge in [0.2, 0.25) is 5.89 Å². The topological polar surface area (TPSA) is 114 Å². The van der Waals surface area contributed by atoms with Crippen molar-refractivity contribution < 1.29 is 19.4 Å². The summed E-state index contributed by atoms with van der Waals surface area (Å²) in [6.45, 7) is 1.92. The van der Waals surface area contributed by atoms with E-state index in [2.05, 4.69) is 15.2 Å². The van der Waals surface area contributed by atoms with Crippen molar-refractivity contribution in [3.63, 3.8) is 0 Å². The fourth-order valence-corrected chi connectivity index (χ4v) is 2.22. The molecular formula is C11H14N4O4S. The fraction of sp³-hybridized carbons (Fsp3) is 0.455. The smallest absolute Gasteiger partial charge is 0.313 e. The van der Waals surface area contributed by atoms with Gasteiger partial charge in [-0.1, -0.05) is 18.7 Å². The number of aliphatic carboxylic acids is 1. The number of carboxylic acids is 1. The minimum atomic E-state index is -0.945. The van der Waals surface area contributed by atoms with Crippen molar-refractivity contribution in [3.8, 4) is 0 Å². The van der Waals surface area contributed by atoms with E-state index in [-0.39, 0.29) is 18.9 Å². The van der Waals surface area contributed by atoms with Crippen LogP contribution in [-0.2, 0) is 24.4 Å². The zero-order valence-electron chi connectivity index (χ0n) is 10.8. The molecule has 0 radical (unpaired) electrons. The molecule has 2 heterocycles. The van der Waals surface area contributed by atoms with Gasteiger partial charge in [0.25, 0.3) is 0 Å². The fourth-order valence-electron chi connectivity index (χ4n) is 1.55. The molecule has 0 saturated heterocycles. The summed E-state index contributed by atoms with van der Waals surface area (Å²) < 4.78 is 7.09. The van der Waals surface area contributed by atoms with Crippen molar-refractivity contribution in [2.45, 2.75) is 31.7 Å². The molecule has 0 aliphatic heterocycles. The Balaban J connectivity index is 2.19. The molecule has 2 rings (SSSR count). The van der Waals surface area contributed by atoms with E-state index in [1.165, 1.54) is 0 Å². The Kier molecular flexibility index (Phi) is 4.74. The zero-order chi connectivity index (χ0) is 14.5. The Morgan fingerprint density at radius 3 is 2.90 bits per heavy atom. The van der Waals surface area contributed by atoms with Crippen molar-refractivity contribution in [2.24, 2.45) is 0 Å². The molecule has 0 unspecified atom stereocenters. The molecule has 0 amide bonds. The first-order valence-corrected chi connectivity index (χ1v) is 6.93. The lowest BCUT2D eigenvalue weighted by molar-refractivity contribution is -0.133. The Labute approximate surface area is 118 Å². The molecule has 0 spiro atoms. The number of thioether (sulfide) groups is 1. The number of aromatic nitrogens is 4. The van der Waals surface area contributed by atoms with E-state index in [9.17, 15) is 9.90 Å². The van der Waals surface area contributed by atoms with Gasteiger partial charge in [-0.3, -0.25) is 9.36 Å². The molecule has 0 bridgehead atoms. The van der Waals surface area contributed by atoms with Gasteiger partial charge in [-0.25, -0.2) is 4.98 Å². The Morgan fingerprint density at radius 1 is 1.50 bits per heavy atom.